The first-order valence-electron chi connectivity index (χ1n) is 27.4. The monoisotopic (exact) mass is 1160 g/mol. The van der Waals surface area contributed by atoms with Crippen molar-refractivity contribution >= 4 is 27.7 Å². The summed E-state index contributed by atoms with van der Waals surface area (Å²) in [5.74, 6) is -0.606. The number of benzene rings is 5. The summed E-state index contributed by atoms with van der Waals surface area (Å²) in [7, 11) is -5.40. The Kier molecular flexibility index (Phi) is 29.8. The fourth-order valence-electron chi connectivity index (χ4n) is 8.72. The number of phosphoric ester groups is 2. The van der Waals surface area contributed by atoms with Crippen LogP contribution >= 0.6 is 15.6 Å². The molecule has 19 nitrogen and oxygen atoms in total. The Hall–Kier alpha value is -5.18. The minimum atomic E-state index is -4.81. The summed E-state index contributed by atoms with van der Waals surface area (Å²) in [4.78, 5) is 26.3. The minimum absolute atomic E-state index is 0.0229. The molecule has 5 aromatic rings. The Bertz CT molecular complexity index is 2480. The molecule has 0 saturated heterocycles. The summed E-state index contributed by atoms with van der Waals surface area (Å²) in [6.45, 7) is -1.31. The highest BCUT2D eigenvalue weighted by molar-refractivity contribution is 7.48. The van der Waals surface area contributed by atoms with Crippen LogP contribution < -0.4 is 5.32 Å². The summed E-state index contributed by atoms with van der Waals surface area (Å²) in [5, 5.41) is 2.82. The van der Waals surface area contributed by atoms with Crippen LogP contribution in [0.5, 0.6) is 0 Å². The van der Waals surface area contributed by atoms with Crippen LogP contribution in [0.1, 0.15) is 92.0 Å². The van der Waals surface area contributed by atoms with Crippen LogP contribution in [0.4, 0.5) is 4.79 Å². The lowest BCUT2D eigenvalue weighted by atomic mass is 9.84. The molecule has 1 aliphatic rings. The number of hydrogen-bond acceptors (Lipinski definition) is 18. The van der Waals surface area contributed by atoms with Crippen LogP contribution in [-0.4, -0.2) is 96.9 Å². The predicted molar refractivity (Wildman–Crippen MR) is 301 cm³/mol. The van der Waals surface area contributed by atoms with Gasteiger partial charge in [-0.1, -0.05) is 197 Å². The summed E-state index contributed by atoms with van der Waals surface area (Å²) < 4.78 is 116. The average Bonchev–Trinajstić information content (AvgIpc) is 3.55. The van der Waals surface area contributed by atoms with Crippen LogP contribution in [-0.2, 0) is 112 Å². The maximum absolute atomic E-state index is 15.5. The first-order chi connectivity index (χ1) is 39.6. The third-order valence-electron chi connectivity index (χ3n) is 12.8. The van der Waals surface area contributed by atoms with Crippen molar-refractivity contribution < 1.29 is 83.8 Å². The van der Waals surface area contributed by atoms with E-state index >= 15 is 9.13 Å². The summed E-state index contributed by atoms with van der Waals surface area (Å²) >= 11 is 0. The molecule has 442 valence electrons. The Balaban J connectivity index is 1.22. The highest BCUT2D eigenvalue weighted by Gasteiger charge is 2.60. The number of ether oxygens (including phenoxy) is 8. The number of rotatable bonds is 40. The largest absolute Gasteiger partial charge is 0.475 e. The second-order valence-electron chi connectivity index (χ2n) is 19.1. The normalized spacial score (nSPS) is 18.3. The fourth-order valence-corrected chi connectivity index (χ4v) is 11.4. The molecule has 0 heterocycles. The Morgan fingerprint density at radius 3 is 1.06 bits per heavy atom. The number of amides is 1. The molecule has 1 fully saturated rings. The van der Waals surface area contributed by atoms with E-state index in [9.17, 15) is 9.59 Å². The van der Waals surface area contributed by atoms with Crippen molar-refractivity contribution in [2.45, 2.75) is 134 Å². The van der Waals surface area contributed by atoms with Crippen molar-refractivity contribution in [3.63, 3.8) is 0 Å². The molecule has 1 aliphatic carbocycles. The molecule has 0 bridgehead atoms. The number of hydrogen-bond donors (Lipinski definition) is 1. The molecule has 5 aromatic carbocycles. The van der Waals surface area contributed by atoms with Crippen LogP contribution in [0.3, 0.4) is 0 Å². The van der Waals surface area contributed by atoms with E-state index in [0.717, 1.165) is 56.9 Å². The molecule has 1 N–H and O–H groups in total. The zero-order valence-electron chi connectivity index (χ0n) is 46.6. The standard InChI is InChI=1S/C60H79NO18P2/c1-66-45-70-54-55(71-46-67-2)58(78-80(64,73-41-49-30-18-12-19-31-49)74-42-50-32-20-13-21-33-50)59(79-81(65,75-43-51-34-22-14-23-35-51)76-44-52-36-24-15-25-37-52)56(72-47-68-3)57(54)77-53(62)38-26-9-7-5-4-6-8-10-27-39-61-60(63)69-40-48-28-16-11-17-29-48/h11-25,28-37,54-59H,4-10,26-27,38-47H2,1-3H3,(H,61,63)/t54-,55+,56+,57-,58-,59-/m1/s1. The van der Waals surface area contributed by atoms with Gasteiger partial charge in [0.1, 0.15) is 57.5 Å². The lowest BCUT2D eigenvalue weighted by molar-refractivity contribution is -0.285. The molecule has 0 aliphatic heterocycles. The predicted octanol–water partition coefficient (Wildman–Crippen LogP) is 12.6. The van der Waals surface area contributed by atoms with E-state index in [1.165, 1.54) is 21.3 Å². The van der Waals surface area contributed by atoms with Gasteiger partial charge < -0.3 is 43.2 Å². The van der Waals surface area contributed by atoms with Crippen molar-refractivity contribution in [3.8, 4) is 0 Å². The van der Waals surface area contributed by atoms with Crippen molar-refractivity contribution in [1.29, 1.82) is 0 Å². The third kappa shape index (κ3) is 23.9. The number of unbranched alkanes of at least 4 members (excludes halogenated alkanes) is 8. The van der Waals surface area contributed by atoms with Gasteiger partial charge in [-0.3, -0.25) is 31.9 Å². The van der Waals surface area contributed by atoms with Crippen LogP contribution in [0.2, 0.25) is 0 Å². The number of nitrogens with one attached hydrogen (secondary N) is 1. The molecular formula is C60H79NO18P2. The van der Waals surface area contributed by atoms with Crippen molar-refractivity contribution in [3.05, 3.63) is 179 Å². The van der Waals surface area contributed by atoms with Gasteiger partial charge in [-0.05, 0) is 40.7 Å². The molecule has 21 heteroatoms. The number of phosphoric acid groups is 2. The number of esters is 1. The van der Waals surface area contributed by atoms with E-state index in [1.54, 1.807) is 97.1 Å². The number of alkyl carbamates (subject to hydrolysis) is 1. The quantitative estimate of drug-likeness (QED) is 0.0167. The molecule has 1 saturated carbocycles. The molecule has 6 atom stereocenters. The number of carbonyl (C=O) groups excluding carboxylic acids is 2. The summed E-state index contributed by atoms with van der Waals surface area (Å²) in [6.07, 6.45) is -1.45. The second-order valence-corrected chi connectivity index (χ2v) is 22.3. The lowest BCUT2D eigenvalue weighted by Crippen LogP contribution is -2.67. The van der Waals surface area contributed by atoms with Crippen LogP contribution in [0.15, 0.2) is 152 Å². The molecule has 6 rings (SSSR count). The summed E-state index contributed by atoms with van der Waals surface area (Å²) in [5.41, 5.74) is 3.51. The smallest absolute Gasteiger partial charge is 0.457 e. The van der Waals surface area contributed by atoms with Crippen molar-refractivity contribution in [2.24, 2.45) is 0 Å². The van der Waals surface area contributed by atoms with E-state index in [4.69, 9.17) is 65.0 Å². The average molecular weight is 1160 g/mol. The van der Waals surface area contributed by atoms with Gasteiger partial charge >= 0.3 is 27.7 Å². The third-order valence-corrected chi connectivity index (χ3v) is 15.6. The summed E-state index contributed by atoms with van der Waals surface area (Å²) in [6, 6.07) is 45.5. The van der Waals surface area contributed by atoms with Crippen LogP contribution in [0.25, 0.3) is 0 Å². The molecule has 0 unspecified atom stereocenters. The van der Waals surface area contributed by atoms with Gasteiger partial charge in [0.25, 0.3) is 0 Å². The number of carbonyl (C=O) groups is 2. The highest BCUT2D eigenvalue weighted by atomic mass is 31.2. The van der Waals surface area contributed by atoms with Gasteiger partial charge in [0, 0.05) is 34.3 Å². The van der Waals surface area contributed by atoms with E-state index < -0.39 is 77.9 Å². The molecule has 0 spiro atoms. The molecule has 1 amide bonds. The molecule has 0 radical (unpaired) electrons. The van der Waals surface area contributed by atoms with Crippen molar-refractivity contribution in [1.82, 2.24) is 5.32 Å². The maximum Gasteiger partial charge on any atom is 0.475 e. The topological polar surface area (TPSA) is 210 Å². The van der Waals surface area contributed by atoms with Gasteiger partial charge in [-0.25, -0.2) is 13.9 Å². The Morgan fingerprint density at radius 1 is 0.395 bits per heavy atom. The van der Waals surface area contributed by atoms with Gasteiger partial charge in [0.15, 0.2) is 6.10 Å². The van der Waals surface area contributed by atoms with E-state index in [0.29, 0.717) is 35.2 Å². The first-order valence-corrected chi connectivity index (χ1v) is 30.3. The Labute approximate surface area is 476 Å². The highest BCUT2D eigenvalue weighted by Crippen LogP contribution is 2.58. The Morgan fingerprint density at radius 2 is 0.704 bits per heavy atom. The lowest BCUT2D eigenvalue weighted by Gasteiger charge is -2.49. The van der Waals surface area contributed by atoms with Gasteiger partial charge in [0.05, 0.1) is 26.4 Å². The number of methoxy groups -OCH3 is 3. The molecule has 81 heavy (non-hydrogen) atoms. The minimum Gasteiger partial charge on any atom is -0.457 e. The van der Waals surface area contributed by atoms with Crippen molar-refractivity contribution in [2.75, 3.05) is 48.3 Å². The second kappa shape index (κ2) is 37.1. The van der Waals surface area contributed by atoms with Gasteiger partial charge in [-0.15, -0.1) is 0 Å². The first kappa shape index (κ1) is 65.0. The SMILES string of the molecule is COCO[C@@H]1[C@H](OCOC)[C@@H](OP(=O)(OCc2ccccc2)OCc2ccccc2)[C@H](OP(=O)(OCc2ccccc2)OCc2ccccc2)[C@@H](OCOC)[C@@H]1OC(=O)CCCCCCCCCCCNC(=O)OCc1ccccc1. The fraction of sp³-hybridized carbons (Fsp3) is 0.467. The zero-order chi connectivity index (χ0) is 57.2. The maximum atomic E-state index is 15.5. The van der Waals surface area contributed by atoms with Gasteiger partial charge in [-0.2, -0.15) is 0 Å². The molecule has 0 aromatic heterocycles. The molecular weight excluding hydrogens is 1080 g/mol. The van der Waals surface area contributed by atoms with E-state index in [1.807, 2.05) is 54.6 Å². The van der Waals surface area contributed by atoms with Gasteiger partial charge in [0.2, 0.25) is 0 Å². The van der Waals surface area contributed by atoms with Crippen LogP contribution in [0, 0.1) is 0 Å². The van der Waals surface area contributed by atoms with E-state index in [2.05, 4.69) is 5.32 Å². The van der Waals surface area contributed by atoms with E-state index in [-0.39, 0.29) is 46.2 Å². The zero-order valence-corrected chi connectivity index (χ0v) is 48.4.